The molecule has 5 rings (SSSR count). The number of carbonyl (C=O) groups excluding carboxylic acids is 5. The zero-order valence-electron chi connectivity index (χ0n) is 25.7. The minimum atomic E-state index is -1.02. The number of rotatable bonds is 7. The highest BCUT2D eigenvalue weighted by molar-refractivity contribution is 6.35. The Labute approximate surface area is 258 Å². The number of hydrogen-bond acceptors (Lipinski definition) is 13. The summed E-state index contributed by atoms with van der Waals surface area (Å²) in [6.45, 7) is 2.97. The number of hydrogen-bond donors (Lipinski definition) is 3. The summed E-state index contributed by atoms with van der Waals surface area (Å²) in [4.78, 5) is 68.1. The highest BCUT2D eigenvalue weighted by atomic mass is 16.6. The lowest BCUT2D eigenvalue weighted by molar-refractivity contribution is -0.138. The summed E-state index contributed by atoms with van der Waals surface area (Å²) >= 11 is 0. The van der Waals surface area contributed by atoms with Gasteiger partial charge in [-0.25, -0.2) is 4.79 Å². The maximum absolute atomic E-state index is 13.9. The molecular formula is C31H34N4O10. The van der Waals surface area contributed by atoms with Crippen molar-refractivity contribution in [1.82, 2.24) is 15.1 Å². The molecule has 1 aromatic carbocycles. The van der Waals surface area contributed by atoms with Gasteiger partial charge in [-0.1, -0.05) is 0 Å². The number of Topliss-reactive ketones (excluding diaryl/α,β-unsaturated/α-hetero) is 3. The molecule has 3 N–H and O–H groups in total. The van der Waals surface area contributed by atoms with Crippen molar-refractivity contribution in [3.63, 3.8) is 0 Å². The van der Waals surface area contributed by atoms with E-state index in [1.54, 1.807) is 18.9 Å². The van der Waals surface area contributed by atoms with E-state index < -0.39 is 66.0 Å². The van der Waals surface area contributed by atoms with Crippen LogP contribution in [-0.4, -0.2) is 108 Å². The number of ether oxygens (including phenoxy) is 3. The molecule has 1 saturated heterocycles. The van der Waals surface area contributed by atoms with Crippen molar-refractivity contribution in [2.45, 2.75) is 63.8 Å². The number of ketones is 3. The number of carbonyl (C=O) groups is 5. The molecule has 0 radical (unpaired) electrons. The molecule has 0 saturated carbocycles. The van der Waals surface area contributed by atoms with Crippen molar-refractivity contribution < 1.29 is 48.4 Å². The second kappa shape index (κ2) is 11.7. The molecule has 1 aliphatic carbocycles. The Morgan fingerprint density at radius 2 is 1.76 bits per heavy atom. The van der Waals surface area contributed by atoms with E-state index in [0.29, 0.717) is 16.7 Å². The average Bonchev–Trinajstić information content (AvgIpc) is 3.01. The van der Waals surface area contributed by atoms with Crippen molar-refractivity contribution in [2.24, 2.45) is 0 Å². The number of nitrogens with zero attached hydrogens (tertiary/aromatic N) is 3. The van der Waals surface area contributed by atoms with Gasteiger partial charge in [-0.2, -0.15) is 5.26 Å². The van der Waals surface area contributed by atoms with Crippen LogP contribution in [0, 0.1) is 18.3 Å². The molecule has 0 unspecified atom stereocenters. The fraction of sp³-hybridized carbons (Fsp3) is 0.484. The number of benzene rings is 1. The fourth-order valence-electron chi connectivity index (χ4n) is 7.39. The van der Waals surface area contributed by atoms with Crippen LogP contribution in [0.1, 0.15) is 43.0 Å². The van der Waals surface area contributed by atoms with Gasteiger partial charge in [-0.3, -0.25) is 29.0 Å². The number of phenols is 1. The summed E-state index contributed by atoms with van der Waals surface area (Å²) in [5.41, 5.74) is 1.45. The van der Waals surface area contributed by atoms with Gasteiger partial charge < -0.3 is 29.7 Å². The Morgan fingerprint density at radius 1 is 1.07 bits per heavy atom. The summed E-state index contributed by atoms with van der Waals surface area (Å²) in [5.74, 6) is -3.81. The number of nitriles is 1. The van der Waals surface area contributed by atoms with Crippen LogP contribution in [0.5, 0.6) is 17.2 Å². The van der Waals surface area contributed by atoms with E-state index >= 15 is 0 Å². The third kappa shape index (κ3) is 4.70. The fourth-order valence-corrected chi connectivity index (χ4v) is 7.39. The Hall–Kier alpha value is -4.58. The molecule has 4 aliphatic rings. The normalized spacial score (nSPS) is 26.0. The number of aliphatic hydroxyl groups is 1. The van der Waals surface area contributed by atoms with E-state index in [1.807, 2.05) is 4.90 Å². The monoisotopic (exact) mass is 622 g/mol. The van der Waals surface area contributed by atoms with Crippen LogP contribution in [0.25, 0.3) is 0 Å². The van der Waals surface area contributed by atoms with Gasteiger partial charge >= 0.3 is 5.97 Å². The maximum Gasteiger partial charge on any atom is 0.337 e. The topological polar surface area (TPSA) is 196 Å². The SMILES string of the molecule is COC1=C(C)C(=O)C2=C(C1=O)[C@H](CNC(=O)C(C)=O)N1[C@H](C#N)[C@@H]3Cc4c(O)c(C)c(OC)c(OC(=O)CO)c4[C@H]([C@H]1C2)N3C. The van der Waals surface area contributed by atoms with Gasteiger partial charge in [0.05, 0.1) is 32.4 Å². The zero-order valence-corrected chi connectivity index (χ0v) is 25.7. The first-order chi connectivity index (χ1) is 21.3. The second-order valence-corrected chi connectivity index (χ2v) is 11.5. The number of aromatic hydroxyl groups is 1. The number of fused-ring (bicyclic) bond motifs is 6. The molecule has 1 aromatic rings. The van der Waals surface area contributed by atoms with E-state index in [0.717, 1.165) is 6.92 Å². The van der Waals surface area contributed by atoms with Gasteiger partial charge in [0.2, 0.25) is 11.6 Å². The van der Waals surface area contributed by atoms with E-state index in [1.165, 1.54) is 21.1 Å². The van der Waals surface area contributed by atoms with E-state index in [2.05, 4.69) is 11.4 Å². The Kier molecular flexibility index (Phi) is 8.30. The molecule has 0 spiro atoms. The average molecular weight is 623 g/mol. The van der Waals surface area contributed by atoms with Crippen molar-refractivity contribution in [2.75, 3.05) is 34.4 Å². The van der Waals surface area contributed by atoms with Crippen molar-refractivity contribution in [1.29, 1.82) is 5.26 Å². The van der Waals surface area contributed by atoms with Crippen molar-refractivity contribution >= 4 is 29.2 Å². The molecule has 1 fully saturated rings. The number of amides is 1. The first-order valence-corrected chi connectivity index (χ1v) is 14.3. The molecule has 3 aliphatic heterocycles. The van der Waals surface area contributed by atoms with Gasteiger partial charge in [0, 0.05) is 59.0 Å². The first-order valence-electron chi connectivity index (χ1n) is 14.3. The van der Waals surface area contributed by atoms with Crippen molar-refractivity contribution in [3.05, 3.63) is 39.2 Å². The van der Waals surface area contributed by atoms with Crippen LogP contribution >= 0.6 is 0 Å². The highest BCUT2D eigenvalue weighted by Gasteiger charge is 2.58. The molecule has 238 valence electrons. The molecule has 14 heteroatoms. The molecular weight excluding hydrogens is 588 g/mol. The summed E-state index contributed by atoms with van der Waals surface area (Å²) in [5, 5.41) is 34.1. The predicted octanol–water partition coefficient (Wildman–Crippen LogP) is -0.0728. The van der Waals surface area contributed by atoms with E-state index in [9.17, 15) is 39.4 Å². The van der Waals surface area contributed by atoms with Crippen LogP contribution in [0.15, 0.2) is 22.5 Å². The lowest BCUT2D eigenvalue weighted by atomic mass is 9.69. The lowest BCUT2D eigenvalue weighted by Gasteiger charge is -2.60. The van der Waals surface area contributed by atoms with Gasteiger partial charge in [0.25, 0.3) is 5.91 Å². The number of esters is 1. The molecule has 0 aromatic heterocycles. The van der Waals surface area contributed by atoms with Crippen LogP contribution in [0.2, 0.25) is 0 Å². The summed E-state index contributed by atoms with van der Waals surface area (Å²) in [7, 11) is 4.40. The van der Waals surface area contributed by atoms with E-state index in [4.69, 9.17) is 14.2 Å². The Balaban J connectivity index is 1.78. The number of aliphatic hydroxyl groups excluding tert-OH is 1. The molecule has 45 heavy (non-hydrogen) atoms. The number of allylic oxidation sites excluding steroid dienone is 2. The third-order valence-corrected chi connectivity index (χ3v) is 9.36. The van der Waals surface area contributed by atoms with Crippen LogP contribution < -0.4 is 14.8 Å². The summed E-state index contributed by atoms with van der Waals surface area (Å²) in [6, 6.07) is -1.62. The maximum atomic E-state index is 13.9. The predicted molar refractivity (Wildman–Crippen MR) is 154 cm³/mol. The van der Waals surface area contributed by atoms with Crippen LogP contribution in [0.4, 0.5) is 0 Å². The molecule has 3 heterocycles. The summed E-state index contributed by atoms with van der Waals surface area (Å²) in [6.07, 6.45) is 0.104. The van der Waals surface area contributed by atoms with Gasteiger partial charge in [-0.05, 0) is 33.7 Å². The molecule has 14 nitrogen and oxygen atoms in total. The quantitative estimate of drug-likeness (QED) is 0.158. The van der Waals surface area contributed by atoms with Crippen LogP contribution in [-0.2, 0) is 35.1 Å². The lowest BCUT2D eigenvalue weighted by Crippen LogP contribution is -2.71. The largest absolute Gasteiger partial charge is 0.507 e. The van der Waals surface area contributed by atoms with Crippen molar-refractivity contribution in [3.8, 4) is 23.3 Å². The minimum absolute atomic E-state index is 0.0162. The van der Waals surface area contributed by atoms with Gasteiger partial charge in [0.15, 0.2) is 23.0 Å². The number of nitrogens with one attached hydrogen (secondary N) is 1. The standard InChI is InChI=1S/C31H34N4O10/c1-12-25(39)15-8-18-24-23-16(26(40)13(2)29(44-6)30(23)45-21(38)11-36)7-17(34(24)4)19(9-32)35(18)20(10-33-31(42)14(3)37)22(15)27(41)28(12)43-5/h17-20,24,36,40H,7-8,10-11H2,1-6H3,(H,33,42)/t17-,18+,19+,20-,24-/m0/s1. The molecule has 5 atom stereocenters. The number of phenolic OH excluding ortho intramolecular Hbond substituents is 1. The van der Waals surface area contributed by atoms with Gasteiger partial charge in [0.1, 0.15) is 18.4 Å². The Bertz CT molecular complexity index is 1650. The second-order valence-electron chi connectivity index (χ2n) is 11.5. The molecule has 2 bridgehead atoms. The zero-order chi connectivity index (χ0) is 33.1. The number of piperazine rings is 1. The van der Waals surface area contributed by atoms with E-state index in [-0.39, 0.29) is 59.1 Å². The molecule has 1 amide bonds. The Morgan fingerprint density at radius 3 is 2.33 bits per heavy atom. The number of likely N-dealkylation sites (N-methyl/N-ethyl adjacent to an activating group) is 1. The smallest absolute Gasteiger partial charge is 0.337 e. The number of methoxy groups -OCH3 is 2. The first kappa shape index (κ1) is 31.8. The highest BCUT2D eigenvalue weighted by Crippen LogP contribution is 2.56. The third-order valence-electron chi connectivity index (χ3n) is 9.36. The minimum Gasteiger partial charge on any atom is -0.507 e. The summed E-state index contributed by atoms with van der Waals surface area (Å²) < 4.78 is 16.5. The van der Waals surface area contributed by atoms with Gasteiger partial charge in [-0.15, -0.1) is 0 Å². The van der Waals surface area contributed by atoms with Crippen LogP contribution in [0.3, 0.4) is 0 Å².